The number of hydrogen-bond donors (Lipinski definition) is 2. The lowest BCUT2D eigenvalue weighted by Crippen LogP contribution is -2.01. The zero-order valence-electron chi connectivity index (χ0n) is 8.41. The number of unbranched alkanes of at least 4 members (excludes halogenated alkanes) is 2. The molecule has 0 unspecified atom stereocenters. The van der Waals surface area contributed by atoms with Crippen LogP contribution in [0.15, 0.2) is 24.3 Å². The zero-order chi connectivity index (χ0) is 10.2. The van der Waals surface area contributed by atoms with Crippen molar-refractivity contribution in [3.8, 4) is 5.75 Å². The summed E-state index contributed by atoms with van der Waals surface area (Å²) < 4.78 is 5.51. The second kappa shape index (κ2) is 6.27. The summed E-state index contributed by atoms with van der Waals surface area (Å²) in [5, 5.41) is 0. The molecule has 3 nitrogen and oxygen atoms in total. The standard InChI is InChI=1S/C11H18N2O/c12-8-2-1-3-9-14-11-6-4-10(13)5-7-11/h4-7H,1-3,8-9,12-13H2. The Hall–Kier alpha value is -1.22. The third-order valence-corrected chi connectivity index (χ3v) is 2.00. The van der Waals surface area contributed by atoms with Gasteiger partial charge in [-0.1, -0.05) is 0 Å². The van der Waals surface area contributed by atoms with Crippen molar-refractivity contribution in [2.45, 2.75) is 19.3 Å². The van der Waals surface area contributed by atoms with Crippen LogP contribution in [0.1, 0.15) is 19.3 Å². The number of anilines is 1. The Kier molecular flexibility index (Phi) is 4.86. The molecular weight excluding hydrogens is 176 g/mol. The summed E-state index contributed by atoms with van der Waals surface area (Å²) in [6.07, 6.45) is 3.26. The van der Waals surface area contributed by atoms with Gasteiger partial charge in [-0.15, -0.1) is 0 Å². The summed E-state index contributed by atoms with van der Waals surface area (Å²) in [6, 6.07) is 7.46. The van der Waals surface area contributed by atoms with Gasteiger partial charge in [0.1, 0.15) is 5.75 Å². The van der Waals surface area contributed by atoms with Crippen LogP contribution in [0.2, 0.25) is 0 Å². The lowest BCUT2D eigenvalue weighted by Gasteiger charge is -2.05. The van der Waals surface area contributed by atoms with E-state index >= 15 is 0 Å². The molecule has 4 N–H and O–H groups in total. The van der Waals surface area contributed by atoms with Crippen molar-refractivity contribution in [3.63, 3.8) is 0 Å². The average molecular weight is 194 g/mol. The summed E-state index contributed by atoms with van der Waals surface area (Å²) in [7, 11) is 0. The second-order valence-corrected chi connectivity index (χ2v) is 3.27. The highest BCUT2D eigenvalue weighted by Crippen LogP contribution is 2.13. The number of benzene rings is 1. The van der Waals surface area contributed by atoms with E-state index in [1.807, 2.05) is 24.3 Å². The Morgan fingerprint density at radius 2 is 1.71 bits per heavy atom. The van der Waals surface area contributed by atoms with Crippen molar-refractivity contribution < 1.29 is 4.74 Å². The van der Waals surface area contributed by atoms with E-state index in [0.717, 1.165) is 43.9 Å². The minimum absolute atomic E-state index is 0.754. The van der Waals surface area contributed by atoms with Gasteiger partial charge in [-0.3, -0.25) is 0 Å². The fourth-order valence-electron chi connectivity index (χ4n) is 1.18. The van der Waals surface area contributed by atoms with Crippen LogP contribution >= 0.6 is 0 Å². The van der Waals surface area contributed by atoms with Gasteiger partial charge >= 0.3 is 0 Å². The molecule has 0 heterocycles. The molecule has 0 amide bonds. The quantitative estimate of drug-likeness (QED) is 0.536. The van der Waals surface area contributed by atoms with Crippen LogP contribution < -0.4 is 16.2 Å². The molecule has 0 aliphatic carbocycles. The van der Waals surface area contributed by atoms with Crippen LogP contribution in [0, 0.1) is 0 Å². The molecular formula is C11H18N2O. The Labute approximate surface area is 85.0 Å². The molecule has 0 saturated heterocycles. The molecule has 1 aromatic carbocycles. The monoisotopic (exact) mass is 194 g/mol. The zero-order valence-corrected chi connectivity index (χ0v) is 8.41. The number of nitrogen functional groups attached to an aromatic ring is 1. The molecule has 0 bridgehead atoms. The second-order valence-electron chi connectivity index (χ2n) is 3.27. The molecule has 0 aliphatic rings. The minimum atomic E-state index is 0.754. The number of ether oxygens (including phenoxy) is 1. The molecule has 1 aromatic rings. The van der Waals surface area contributed by atoms with Gasteiger partial charge in [0.05, 0.1) is 6.61 Å². The van der Waals surface area contributed by atoms with E-state index in [4.69, 9.17) is 16.2 Å². The topological polar surface area (TPSA) is 61.3 Å². The molecule has 0 spiro atoms. The van der Waals surface area contributed by atoms with E-state index in [0.29, 0.717) is 0 Å². The molecule has 0 radical (unpaired) electrons. The van der Waals surface area contributed by atoms with Gasteiger partial charge in [0, 0.05) is 5.69 Å². The summed E-state index contributed by atoms with van der Waals surface area (Å²) in [4.78, 5) is 0. The lowest BCUT2D eigenvalue weighted by atomic mass is 10.2. The highest BCUT2D eigenvalue weighted by molar-refractivity contribution is 5.41. The van der Waals surface area contributed by atoms with Gasteiger partial charge in [-0.2, -0.15) is 0 Å². The molecule has 0 aliphatic heterocycles. The number of hydrogen-bond acceptors (Lipinski definition) is 3. The van der Waals surface area contributed by atoms with Crippen LogP contribution in [0.3, 0.4) is 0 Å². The van der Waals surface area contributed by atoms with Crippen molar-refractivity contribution in [3.05, 3.63) is 24.3 Å². The Morgan fingerprint density at radius 1 is 1.00 bits per heavy atom. The average Bonchev–Trinajstić information content (AvgIpc) is 2.21. The van der Waals surface area contributed by atoms with Gasteiger partial charge in [0.15, 0.2) is 0 Å². The van der Waals surface area contributed by atoms with Gasteiger partial charge in [0.2, 0.25) is 0 Å². The van der Waals surface area contributed by atoms with E-state index < -0.39 is 0 Å². The Balaban J connectivity index is 2.15. The largest absolute Gasteiger partial charge is 0.494 e. The molecule has 14 heavy (non-hydrogen) atoms. The van der Waals surface area contributed by atoms with Crippen molar-refractivity contribution in [1.29, 1.82) is 0 Å². The van der Waals surface area contributed by atoms with Crippen LogP contribution in [0.5, 0.6) is 5.75 Å². The highest BCUT2D eigenvalue weighted by atomic mass is 16.5. The van der Waals surface area contributed by atoms with E-state index in [2.05, 4.69) is 0 Å². The van der Waals surface area contributed by atoms with E-state index in [1.165, 1.54) is 0 Å². The van der Waals surface area contributed by atoms with Crippen molar-refractivity contribution in [1.82, 2.24) is 0 Å². The first-order chi connectivity index (χ1) is 6.83. The molecule has 78 valence electrons. The number of nitrogens with two attached hydrogens (primary N) is 2. The molecule has 0 fully saturated rings. The fraction of sp³-hybridized carbons (Fsp3) is 0.455. The first-order valence-electron chi connectivity index (χ1n) is 5.01. The molecule has 1 rings (SSSR count). The molecule has 0 aromatic heterocycles. The van der Waals surface area contributed by atoms with Crippen molar-refractivity contribution >= 4 is 5.69 Å². The summed E-state index contributed by atoms with van der Waals surface area (Å²) >= 11 is 0. The molecule has 3 heteroatoms. The van der Waals surface area contributed by atoms with Crippen LogP contribution in [-0.4, -0.2) is 13.2 Å². The van der Waals surface area contributed by atoms with E-state index in [1.54, 1.807) is 0 Å². The van der Waals surface area contributed by atoms with Gasteiger partial charge in [-0.25, -0.2) is 0 Å². The predicted octanol–water partition coefficient (Wildman–Crippen LogP) is 1.78. The Morgan fingerprint density at radius 3 is 2.36 bits per heavy atom. The van der Waals surface area contributed by atoms with Crippen molar-refractivity contribution in [2.24, 2.45) is 5.73 Å². The first-order valence-corrected chi connectivity index (χ1v) is 5.01. The van der Waals surface area contributed by atoms with Crippen molar-refractivity contribution in [2.75, 3.05) is 18.9 Å². The maximum Gasteiger partial charge on any atom is 0.119 e. The maximum absolute atomic E-state index is 5.55. The third kappa shape index (κ3) is 4.14. The van der Waals surface area contributed by atoms with E-state index in [-0.39, 0.29) is 0 Å². The smallest absolute Gasteiger partial charge is 0.119 e. The van der Waals surface area contributed by atoms with Crippen LogP contribution in [-0.2, 0) is 0 Å². The van der Waals surface area contributed by atoms with Gasteiger partial charge in [0.25, 0.3) is 0 Å². The summed E-state index contributed by atoms with van der Waals surface area (Å²) in [5.74, 6) is 0.881. The SMILES string of the molecule is NCCCCCOc1ccc(N)cc1. The third-order valence-electron chi connectivity index (χ3n) is 2.00. The van der Waals surface area contributed by atoms with Gasteiger partial charge < -0.3 is 16.2 Å². The normalized spacial score (nSPS) is 10.1. The molecule has 0 saturated carbocycles. The van der Waals surface area contributed by atoms with E-state index in [9.17, 15) is 0 Å². The van der Waals surface area contributed by atoms with Crippen LogP contribution in [0.4, 0.5) is 5.69 Å². The summed E-state index contributed by atoms with van der Waals surface area (Å²) in [6.45, 7) is 1.52. The first kappa shape index (κ1) is 10.9. The maximum atomic E-state index is 5.55. The van der Waals surface area contributed by atoms with Gasteiger partial charge in [-0.05, 0) is 50.1 Å². The highest BCUT2D eigenvalue weighted by Gasteiger charge is 1.93. The number of rotatable bonds is 6. The van der Waals surface area contributed by atoms with Crippen LogP contribution in [0.25, 0.3) is 0 Å². The summed E-state index contributed by atoms with van der Waals surface area (Å²) in [5.41, 5.74) is 11.7. The Bertz CT molecular complexity index is 246. The lowest BCUT2D eigenvalue weighted by molar-refractivity contribution is 0.306. The minimum Gasteiger partial charge on any atom is -0.494 e. The predicted molar refractivity (Wildman–Crippen MR) is 59.3 cm³/mol. The molecule has 0 atom stereocenters. The fourth-order valence-corrected chi connectivity index (χ4v) is 1.18.